The first-order valence-electron chi connectivity index (χ1n) is 7.50. The van der Waals surface area contributed by atoms with Crippen LogP contribution in [0, 0.1) is 17.1 Å². The number of carbonyl (C=O) groups is 1. The van der Waals surface area contributed by atoms with E-state index >= 15 is 0 Å². The second-order valence-electron chi connectivity index (χ2n) is 5.37. The summed E-state index contributed by atoms with van der Waals surface area (Å²) >= 11 is 1.32. The summed E-state index contributed by atoms with van der Waals surface area (Å²) in [5, 5.41) is 13.8. The van der Waals surface area contributed by atoms with Crippen LogP contribution < -0.4 is 14.8 Å². The Bertz CT molecular complexity index is 1060. The molecule has 1 N–H and O–H groups in total. The molecule has 6 nitrogen and oxygen atoms in total. The Hall–Kier alpha value is -3.44. The topological polar surface area (TPSA) is 84.2 Å². The molecule has 2 aromatic carbocycles. The van der Waals surface area contributed by atoms with Crippen molar-refractivity contribution in [2.75, 3.05) is 12.1 Å². The molecule has 0 fully saturated rings. The standard InChI is InChI=1S/C18H10FN3O3S/c19-13-3-2-12(5-11(13)7-20)21-17(23)14-8-26-18(22-14)10-1-4-15-16(6-10)25-9-24-15/h1-6,8H,9H2,(H,21,23). The maximum Gasteiger partial charge on any atom is 0.275 e. The smallest absolute Gasteiger partial charge is 0.275 e. The number of amides is 1. The molecule has 1 aromatic heterocycles. The Morgan fingerprint density at radius 1 is 1.23 bits per heavy atom. The van der Waals surface area contributed by atoms with Gasteiger partial charge < -0.3 is 14.8 Å². The van der Waals surface area contributed by atoms with Crippen LogP contribution in [0.1, 0.15) is 16.1 Å². The van der Waals surface area contributed by atoms with Gasteiger partial charge in [0.05, 0.1) is 5.56 Å². The maximum atomic E-state index is 13.4. The zero-order valence-electron chi connectivity index (χ0n) is 13.2. The number of hydrogen-bond donors (Lipinski definition) is 1. The molecule has 0 spiro atoms. The summed E-state index contributed by atoms with van der Waals surface area (Å²) in [5.41, 5.74) is 1.23. The van der Waals surface area contributed by atoms with Crippen molar-refractivity contribution in [2.24, 2.45) is 0 Å². The van der Waals surface area contributed by atoms with Gasteiger partial charge in [-0.3, -0.25) is 4.79 Å². The average Bonchev–Trinajstić information content (AvgIpc) is 3.31. The highest BCUT2D eigenvalue weighted by molar-refractivity contribution is 7.13. The minimum Gasteiger partial charge on any atom is -0.454 e. The van der Waals surface area contributed by atoms with Crippen LogP contribution in [0.5, 0.6) is 11.5 Å². The number of hydrogen-bond acceptors (Lipinski definition) is 6. The second kappa shape index (κ2) is 6.46. The zero-order valence-corrected chi connectivity index (χ0v) is 14.0. The number of nitriles is 1. The number of nitrogens with zero attached hydrogens (tertiary/aromatic N) is 2. The molecule has 0 unspecified atom stereocenters. The average molecular weight is 367 g/mol. The van der Waals surface area contributed by atoms with Gasteiger partial charge in [0.1, 0.15) is 22.6 Å². The Labute approximate surface area is 151 Å². The molecular formula is C18H10FN3O3S. The third-order valence-electron chi connectivity index (χ3n) is 3.70. The molecule has 0 radical (unpaired) electrons. The normalized spacial score (nSPS) is 11.8. The van der Waals surface area contributed by atoms with Gasteiger partial charge in [-0.15, -0.1) is 11.3 Å². The van der Waals surface area contributed by atoms with Crippen LogP contribution in [-0.4, -0.2) is 17.7 Å². The zero-order chi connectivity index (χ0) is 18.1. The van der Waals surface area contributed by atoms with Crippen molar-refractivity contribution < 1.29 is 18.7 Å². The molecule has 1 aliphatic rings. The van der Waals surface area contributed by atoms with Gasteiger partial charge in [0, 0.05) is 16.6 Å². The molecule has 0 bridgehead atoms. The summed E-state index contributed by atoms with van der Waals surface area (Å²) in [6.45, 7) is 0.187. The van der Waals surface area contributed by atoms with Crippen LogP contribution in [0.2, 0.25) is 0 Å². The molecule has 3 aromatic rings. The molecule has 0 atom stereocenters. The van der Waals surface area contributed by atoms with E-state index in [1.54, 1.807) is 17.5 Å². The molecule has 2 heterocycles. The van der Waals surface area contributed by atoms with E-state index in [2.05, 4.69) is 10.3 Å². The quantitative estimate of drug-likeness (QED) is 0.761. The number of nitrogens with one attached hydrogen (secondary N) is 1. The first kappa shape index (κ1) is 16.1. The summed E-state index contributed by atoms with van der Waals surface area (Å²) in [6.07, 6.45) is 0. The van der Waals surface area contributed by atoms with Crippen molar-refractivity contribution >= 4 is 22.9 Å². The number of rotatable bonds is 3. The van der Waals surface area contributed by atoms with Crippen molar-refractivity contribution in [3.05, 3.63) is 58.9 Å². The highest BCUT2D eigenvalue weighted by Crippen LogP contribution is 2.36. The lowest BCUT2D eigenvalue weighted by Gasteiger charge is -2.04. The van der Waals surface area contributed by atoms with Crippen LogP contribution in [0.4, 0.5) is 10.1 Å². The Morgan fingerprint density at radius 2 is 2.08 bits per heavy atom. The molecule has 1 amide bonds. The molecule has 0 saturated carbocycles. The fraction of sp³-hybridized carbons (Fsp3) is 0.0556. The second-order valence-corrected chi connectivity index (χ2v) is 6.22. The van der Waals surface area contributed by atoms with Gasteiger partial charge in [0.15, 0.2) is 11.5 Å². The minimum atomic E-state index is -0.635. The van der Waals surface area contributed by atoms with Gasteiger partial charge >= 0.3 is 0 Å². The monoisotopic (exact) mass is 367 g/mol. The number of thiazole rings is 1. The molecule has 128 valence electrons. The Morgan fingerprint density at radius 3 is 2.92 bits per heavy atom. The van der Waals surface area contributed by atoms with Crippen LogP contribution in [0.15, 0.2) is 41.8 Å². The van der Waals surface area contributed by atoms with Crippen LogP contribution in [0.25, 0.3) is 10.6 Å². The summed E-state index contributed by atoms with van der Waals surface area (Å²) in [7, 11) is 0. The predicted molar refractivity (Wildman–Crippen MR) is 92.7 cm³/mol. The number of halogens is 1. The van der Waals surface area contributed by atoms with E-state index in [9.17, 15) is 9.18 Å². The lowest BCUT2D eigenvalue weighted by atomic mass is 10.2. The molecule has 8 heteroatoms. The van der Waals surface area contributed by atoms with Crippen LogP contribution in [0.3, 0.4) is 0 Å². The van der Waals surface area contributed by atoms with Crippen molar-refractivity contribution in [2.45, 2.75) is 0 Å². The van der Waals surface area contributed by atoms with Crippen LogP contribution >= 0.6 is 11.3 Å². The Balaban J connectivity index is 1.54. The first-order chi connectivity index (χ1) is 12.6. The lowest BCUT2D eigenvalue weighted by Crippen LogP contribution is -2.12. The lowest BCUT2D eigenvalue weighted by molar-refractivity contribution is 0.102. The number of carbonyl (C=O) groups excluding carboxylic acids is 1. The summed E-state index contributed by atoms with van der Waals surface area (Å²) in [5.74, 6) is 0.236. The molecule has 1 aliphatic heterocycles. The van der Waals surface area contributed by atoms with E-state index in [0.29, 0.717) is 22.2 Å². The van der Waals surface area contributed by atoms with E-state index in [4.69, 9.17) is 14.7 Å². The van der Waals surface area contributed by atoms with E-state index in [-0.39, 0.29) is 18.1 Å². The van der Waals surface area contributed by atoms with Gasteiger partial charge in [0.2, 0.25) is 6.79 Å². The number of benzene rings is 2. The van der Waals surface area contributed by atoms with Crippen molar-refractivity contribution in [1.82, 2.24) is 4.98 Å². The van der Waals surface area contributed by atoms with Crippen molar-refractivity contribution in [3.63, 3.8) is 0 Å². The first-order valence-corrected chi connectivity index (χ1v) is 8.38. The largest absolute Gasteiger partial charge is 0.454 e. The third-order valence-corrected chi connectivity index (χ3v) is 4.59. The number of fused-ring (bicyclic) bond motifs is 1. The van der Waals surface area contributed by atoms with E-state index in [0.717, 1.165) is 11.6 Å². The number of aromatic nitrogens is 1. The minimum absolute atomic E-state index is 0.137. The number of ether oxygens (including phenoxy) is 2. The molecular weight excluding hydrogens is 357 g/mol. The van der Waals surface area contributed by atoms with Crippen molar-refractivity contribution in [1.29, 1.82) is 5.26 Å². The van der Waals surface area contributed by atoms with E-state index in [1.807, 2.05) is 12.1 Å². The molecule has 26 heavy (non-hydrogen) atoms. The molecule has 0 aliphatic carbocycles. The highest BCUT2D eigenvalue weighted by atomic mass is 32.1. The van der Waals surface area contributed by atoms with Gasteiger partial charge in [-0.25, -0.2) is 9.37 Å². The van der Waals surface area contributed by atoms with Crippen molar-refractivity contribution in [3.8, 4) is 28.1 Å². The van der Waals surface area contributed by atoms with Crippen LogP contribution in [-0.2, 0) is 0 Å². The van der Waals surface area contributed by atoms with Gasteiger partial charge in [-0.05, 0) is 36.4 Å². The summed E-state index contributed by atoms with van der Waals surface area (Å²) < 4.78 is 24.0. The van der Waals surface area contributed by atoms with Gasteiger partial charge in [0.25, 0.3) is 5.91 Å². The van der Waals surface area contributed by atoms with E-state index < -0.39 is 11.7 Å². The molecule has 4 rings (SSSR count). The molecule has 0 saturated heterocycles. The van der Waals surface area contributed by atoms with E-state index in [1.165, 1.54) is 23.5 Å². The Kier molecular flexibility index (Phi) is 3.99. The number of anilines is 1. The summed E-state index contributed by atoms with van der Waals surface area (Å²) in [4.78, 5) is 16.7. The fourth-order valence-electron chi connectivity index (χ4n) is 2.42. The van der Waals surface area contributed by atoms with Gasteiger partial charge in [-0.2, -0.15) is 5.26 Å². The predicted octanol–water partition coefficient (Wildman–Crippen LogP) is 3.80. The fourth-order valence-corrected chi connectivity index (χ4v) is 3.22. The summed E-state index contributed by atoms with van der Waals surface area (Å²) in [6, 6.07) is 11.0. The maximum absolute atomic E-state index is 13.4. The third kappa shape index (κ3) is 2.96. The highest BCUT2D eigenvalue weighted by Gasteiger charge is 2.17. The van der Waals surface area contributed by atoms with Gasteiger partial charge in [-0.1, -0.05) is 0 Å². The SMILES string of the molecule is N#Cc1cc(NC(=O)c2csc(-c3ccc4c(c3)OCO4)n2)ccc1F.